The smallest absolute Gasteiger partial charge is 0.336 e. The summed E-state index contributed by atoms with van der Waals surface area (Å²) < 4.78 is 24.2. The number of benzene rings is 2. The normalized spacial score (nSPS) is 13.3. The van der Waals surface area contributed by atoms with Crippen LogP contribution in [0, 0.1) is 19.7 Å². The molecule has 0 spiro atoms. The Balaban J connectivity index is 1.82. The molecular formula is C28H31FN6O3S. The molecule has 0 bridgehead atoms. The van der Waals surface area contributed by atoms with Crippen LogP contribution in [0.15, 0.2) is 56.8 Å². The molecule has 1 aliphatic carbocycles. The Hall–Kier alpha value is -3.83. The Morgan fingerprint density at radius 1 is 1.08 bits per heavy atom. The van der Waals surface area contributed by atoms with Gasteiger partial charge in [-0.1, -0.05) is 19.1 Å². The number of nitrogens with one attached hydrogen (secondary N) is 2. The summed E-state index contributed by atoms with van der Waals surface area (Å²) in [6, 6.07) is 11.7. The number of halogens is 1. The molecule has 1 fully saturated rings. The van der Waals surface area contributed by atoms with E-state index in [1.807, 2.05) is 36.5 Å². The van der Waals surface area contributed by atoms with Crippen molar-refractivity contribution in [3.63, 3.8) is 0 Å². The summed E-state index contributed by atoms with van der Waals surface area (Å²) in [5, 5.41) is 3.15. The minimum Gasteiger partial charge on any atom is -0.338 e. The van der Waals surface area contributed by atoms with E-state index in [1.165, 1.54) is 38.9 Å². The average Bonchev–Trinajstić information content (AvgIpc) is 3.75. The summed E-state index contributed by atoms with van der Waals surface area (Å²) >= 11 is 1.42. The fourth-order valence-corrected chi connectivity index (χ4v) is 5.13. The van der Waals surface area contributed by atoms with E-state index in [2.05, 4.69) is 10.0 Å². The highest BCUT2D eigenvalue weighted by Gasteiger charge is 2.31. The van der Waals surface area contributed by atoms with Crippen LogP contribution in [0.25, 0.3) is 16.6 Å². The van der Waals surface area contributed by atoms with E-state index in [0.717, 1.165) is 17.8 Å². The van der Waals surface area contributed by atoms with Gasteiger partial charge in [0.15, 0.2) is 0 Å². The second-order valence-electron chi connectivity index (χ2n) is 9.88. The number of hydrogen-bond acceptors (Lipinski definition) is 7. The largest absolute Gasteiger partial charge is 0.338 e. The van der Waals surface area contributed by atoms with E-state index >= 15 is 0 Å². The summed E-state index contributed by atoms with van der Waals surface area (Å²) in [7, 11) is 3.49. The van der Waals surface area contributed by atoms with Crippen molar-refractivity contribution in [2.45, 2.75) is 39.7 Å². The van der Waals surface area contributed by atoms with Crippen LogP contribution in [0.2, 0.25) is 0 Å². The van der Waals surface area contributed by atoms with Crippen LogP contribution in [0.1, 0.15) is 36.9 Å². The maximum absolute atomic E-state index is 14.9. The summed E-state index contributed by atoms with van der Waals surface area (Å²) in [4.78, 5) is 41.3. The van der Waals surface area contributed by atoms with E-state index in [0.29, 0.717) is 18.5 Å². The molecule has 1 aliphatic rings. The quantitative estimate of drug-likeness (QED) is 0.310. The van der Waals surface area contributed by atoms with Crippen LogP contribution in [0.4, 0.5) is 21.6 Å². The van der Waals surface area contributed by atoms with Crippen LogP contribution in [-0.4, -0.2) is 31.6 Å². The summed E-state index contributed by atoms with van der Waals surface area (Å²) in [5.41, 5.74) is 1.17. The number of pyridine rings is 1. The highest BCUT2D eigenvalue weighted by Crippen LogP contribution is 2.34. The summed E-state index contributed by atoms with van der Waals surface area (Å²) in [6.45, 7) is 6.24. The molecule has 2 aromatic heterocycles. The van der Waals surface area contributed by atoms with Crippen LogP contribution in [0.5, 0.6) is 0 Å². The van der Waals surface area contributed by atoms with Gasteiger partial charge in [0.1, 0.15) is 17.0 Å². The number of aryl methyl sites for hydroxylation is 2. The molecule has 0 unspecified atom stereocenters. The molecule has 0 amide bonds. The Bertz CT molecular complexity index is 1770. The monoisotopic (exact) mass is 550 g/mol. The van der Waals surface area contributed by atoms with Gasteiger partial charge in [-0.2, -0.15) is 0 Å². The predicted octanol–water partition coefficient (Wildman–Crippen LogP) is 4.61. The molecule has 2 heterocycles. The third kappa shape index (κ3) is 4.87. The van der Waals surface area contributed by atoms with Gasteiger partial charge >= 0.3 is 5.69 Å². The van der Waals surface area contributed by atoms with E-state index < -0.39 is 22.6 Å². The van der Waals surface area contributed by atoms with Gasteiger partial charge in [0, 0.05) is 43.0 Å². The lowest BCUT2D eigenvalue weighted by Crippen LogP contribution is -2.41. The predicted molar refractivity (Wildman–Crippen MR) is 156 cm³/mol. The van der Waals surface area contributed by atoms with Crippen LogP contribution in [-0.2, 0) is 7.05 Å². The number of hydrogen-bond donors (Lipinski definition) is 2. The van der Waals surface area contributed by atoms with Gasteiger partial charge in [-0.25, -0.2) is 13.5 Å². The molecule has 2 aromatic carbocycles. The number of fused-ring (bicyclic) bond motifs is 1. The van der Waals surface area contributed by atoms with Gasteiger partial charge in [-0.3, -0.25) is 23.3 Å². The molecule has 1 saturated carbocycles. The molecule has 4 aromatic rings. The third-order valence-corrected chi connectivity index (χ3v) is 7.90. The first-order valence-corrected chi connectivity index (χ1v) is 13.6. The molecule has 0 saturated heterocycles. The molecule has 204 valence electrons. The standard InChI is InChI=1S/C28H31FN6O3S/c1-6-32(4)39-31-18-8-7-9-20(15-18)34-24-17(3)26(36)33(5)25(30-22-13-10-16(2)14-21(22)29)23(24)27(37)35(28(34)38)19-11-12-19/h7-10,13-15,19,30-31H,6,11-12H2,1-5H3. The van der Waals surface area contributed by atoms with Gasteiger partial charge in [0.05, 0.1) is 16.9 Å². The minimum atomic E-state index is -0.514. The molecule has 2 N–H and O–H groups in total. The molecule has 0 aliphatic heterocycles. The Labute approximate surface area is 229 Å². The van der Waals surface area contributed by atoms with Crippen LogP contribution in [0.3, 0.4) is 0 Å². The van der Waals surface area contributed by atoms with Gasteiger partial charge in [-0.05, 0) is 69.6 Å². The third-order valence-electron chi connectivity index (χ3n) is 7.00. The number of rotatable bonds is 8. The first kappa shape index (κ1) is 26.8. The van der Waals surface area contributed by atoms with Gasteiger partial charge in [0.25, 0.3) is 11.1 Å². The zero-order valence-corrected chi connectivity index (χ0v) is 23.4. The fraction of sp³-hybridized carbons (Fsp3) is 0.321. The van der Waals surface area contributed by atoms with Crippen molar-refractivity contribution < 1.29 is 4.39 Å². The van der Waals surface area contributed by atoms with Crippen molar-refractivity contribution in [2.24, 2.45) is 7.05 Å². The Morgan fingerprint density at radius 3 is 2.49 bits per heavy atom. The molecule has 39 heavy (non-hydrogen) atoms. The van der Waals surface area contributed by atoms with E-state index in [-0.39, 0.29) is 34.0 Å². The van der Waals surface area contributed by atoms with Crippen molar-refractivity contribution >= 4 is 40.2 Å². The Kier molecular flexibility index (Phi) is 7.13. The molecule has 9 nitrogen and oxygen atoms in total. The summed E-state index contributed by atoms with van der Waals surface area (Å²) in [6.07, 6.45) is 1.42. The molecule has 0 radical (unpaired) electrons. The molecular weight excluding hydrogens is 519 g/mol. The first-order chi connectivity index (χ1) is 18.6. The average molecular weight is 551 g/mol. The fourth-order valence-electron chi connectivity index (χ4n) is 4.61. The Morgan fingerprint density at radius 2 is 1.82 bits per heavy atom. The number of aromatic nitrogens is 3. The van der Waals surface area contributed by atoms with Crippen molar-refractivity contribution in [3.8, 4) is 5.69 Å². The van der Waals surface area contributed by atoms with Crippen LogP contribution < -0.4 is 26.8 Å². The van der Waals surface area contributed by atoms with Crippen molar-refractivity contribution in [3.05, 3.63) is 90.6 Å². The second-order valence-corrected chi connectivity index (χ2v) is 10.9. The molecule has 11 heteroatoms. The number of nitrogens with zero attached hydrogens (tertiary/aromatic N) is 4. The van der Waals surface area contributed by atoms with Gasteiger partial charge in [0.2, 0.25) is 0 Å². The zero-order chi connectivity index (χ0) is 28.0. The van der Waals surface area contributed by atoms with Crippen molar-refractivity contribution in [1.29, 1.82) is 0 Å². The van der Waals surface area contributed by atoms with Crippen molar-refractivity contribution in [2.75, 3.05) is 23.6 Å². The lowest BCUT2D eigenvalue weighted by Gasteiger charge is -2.21. The van der Waals surface area contributed by atoms with E-state index in [9.17, 15) is 18.8 Å². The maximum atomic E-state index is 14.9. The lowest BCUT2D eigenvalue weighted by molar-refractivity contribution is 0.604. The molecule has 5 rings (SSSR count). The second kappa shape index (κ2) is 10.4. The highest BCUT2D eigenvalue weighted by molar-refractivity contribution is 7.98. The SMILES string of the molecule is CCN(C)SNc1cccc(-n2c(=O)n(C3CC3)c(=O)c3c(Nc4ccc(C)cc4F)n(C)c(=O)c(C)c32)c1. The summed E-state index contributed by atoms with van der Waals surface area (Å²) in [5.74, 6) is -0.383. The van der Waals surface area contributed by atoms with Gasteiger partial charge < -0.3 is 10.0 Å². The zero-order valence-electron chi connectivity index (χ0n) is 22.5. The lowest BCUT2D eigenvalue weighted by atomic mass is 10.1. The van der Waals surface area contributed by atoms with E-state index in [1.54, 1.807) is 32.0 Å². The minimum absolute atomic E-state index is 0.124. The highest BCUT2D eigenvalue weighted by atomic mass is 32.2. The van der Waals surface area contributed by atoms with Crippen LogP contribution >= 0.6 is 12.1 Å². The molecule has 0 atom stereocenters. The van der Waals surface area contributed by atoms with E-state index in [4.69, 9.17) is 0 Å². The number of anilines is 3. The van der Waals surface area contributed by atoms with Gasteiger partial charge in [-0.15, -0.1) is 0 Å². The first-order valence-electron chi connectivity index (χ1n) is 12.8. The van der Waals surface area contributed by atoms with Crippen molar-refractivity contribution in [1.82, 2.24) is 18.0 Å². The topological polar surface area (TPSA) is 93.3 Å². The maximum Gasteiger partial charge on any atom is 0.336 e.